The smallest absolute Gasteiger partial charge is 0.225 e. The summed E-state index contributed by atoms with van der Waals surface area (Å²) < 4.78 is 3.08. The van der Waals surface area contributed by atoms with Crippen LogP contribution in [0.15, 0.2) is 57.3 Å². The Morgan fingerprint density at radius 1 is 1.18 bits per heavy atom. The average molecular weight is 393 g/mol. The van der Waals surface area contributed by atoms with Crippen LogP contribution in [0.3, 0.4) is 0 Å². The Labute approximate surface area is 145 Å². The van der Waals surface area contributed by atoms with Crippen molar-refractivity contribution in [3.05, 3.63) is 53.0 Å². The first-order valence-corrected chi connectivity index (χ1v) is 9.34. The Bertz CT molecular complexity index is 770. The van der Waals surface area contributed by atoms with Crippen LogP contribution in [-0.2, 0) is 4.79 Å². The molecule has 0 unspecified atom stereocenters. The molecule has 0 saturated heterocycles. The van der Waals surface area contributed by atoms with Crippen molar-refractivity contribution in [2.75, 3.05) is 11.1 Å². The number of rotatable bonds is 5. The molecule has 2 aromatic carbocycles. The monoisotopic (exact) mass is 392 g/mol. The van der Waals surface area contributed by atoms with Crippen molar-refractivity contribution in [2.45, 2.75) is 10.8 Å². The molecule has 22 heavy (non-hydrogen) atoms. The van der Waals surface area contributed by atoms with Gasteiger partial charge in [-0.25, -0.2) is 4.98 Å². The molecule has 0 aliphatic heterocycles. The topological polar surface area (TPSA) is 42.0 Å². The van der Waals surface area contributed by atoms with Gasteiger partial charge in [-0.15, -0.1) is 11.3 Å². The van der Waals surface area contributed by atoms with Gasteiger partial charge in [0, 0.05) is 16.6 Å². The Hall–Kier alpha value is -1.37. The van der Waals surface area contributed by atoms with E-state index in [1.807, 2.05) is 42.5 Å². The second-order valence-electron chi connectivity index (χ2n) is 4.57. The number of thioether (sulfide) groups is 1. The summed E-state index contributed by atoms with van der Waals surface area (Å²) in [6, 6.07) is 15.7. The van der Waals surface area contributed by atoms with Crippen LogP contribution >= 0.6 is 39.0 Å². The number of halogens is 1. The molecule has 3 aromatic rings. The van der Waals surface area contributed by atoms with Gasteiger partial charge in [-0.1, -0.05) is 36.0 Å². The second kappa shape index (κ2) is 7.26. The van der Waals surface area contributed by atoms with Gasteiger partial charge in [0.2, 0.25) is 5.91 Å². The van der Waals surface area contributed by atoms with E-state index in [4.69, 9.17) is 0 Å². The molecule has 0 atom stereocenters. The van der Waals surface area contributed by atoms with Gasteiger partial charge >= 0.3 is 0 Å². The number of aromatic nitrogens is 1. The average Bonchev–Trinajstić information content (AvgIpc) is 2.92. The lowest BCUT2D eigenvalue weighted by Crippen LogP contribution is -2.12. The fourth-order valence-corrected chi connectivity index (χ4v) is 4.38. The van der Waals surface area contributed by atoms with Gasteiger partial charge in [0.15, 0.2) is 4.34 Å². The molecule has 0 bridgehead atoms. The highest BCUT2D eigenvalue weighted by Gasteiger charge is 2.07. The summed E-state index contributed by atoms with van der Waals surface area (Å²) in [5, 5.41) is 2.91. The fraction of sp³-hybridized carbons (Fsp3) is 0.125. The molecule has 112 valence electrons. The van der Waals surface area contributed by atoms with Crippen LogP contribution < -0.4 is 5.32 Å². The van der Waals surface area contributed by atoms with E-state index >= 15 is 0 Å². The number of hydrogen-bond donors (Lipinski definition) is 1. The van der Waals surface area contributed by atoms with Crippen molar-refractivity contribution in [1.82, 2.24) is 4.98 Å². The van der Waals surface area contributed by atoms with E-state index in [1.54, 1.807) is 23.1 Å². The van der Waals surface area contributed by atoms with E-state index in [0.29, 0.717) is 6.42 Å². The van der Waals surface area contributed by atoms with Crippen molar-refractivity contribution < 1.29 is 4.79 Å². The predicted octanol–water partition coefficient (Wildman–Crippen LogP) is 5.18. The lowest BCUT2D eigenvalue weighted by Gasteiger charge is -2.06. The molecule has 0 aliphatic rings. The predicted molar refractivity (Wildman–Crippen MR) is 97.7 cm³/mol. The molecule has 0 fully saturated rings. The lowest BCUT2D eigenvalue weighted by atomic mass is 10.3. The number of carbonyl (C=O) groups is 1. The Kier molecular flexibility index (Phi) is 5.12. The molecule has 1 amide bonds. The van der Waals surface area contributed by atoms with Gasteiger partial charge in [-0.2, -0.15) is 0 Å². The molecule has 1 heterocycles. The lowest BCUT2D eigenvalue weighted by molar-refractivity contribution is -0.115. The summed E-state index contributed by atoms with van der Waals surface area (Å²) in [6.45, 7) is 0. The minimum atomic E-state index is 0.0144. The highest BCUT2D eigenvalue weighted by Crippen LogP contribution is 2.29. The number of carbonyl (C=O) groups excluding carboxylic acids is 1. The normalized spacial score (nSPS) is 10.8. The minimum absolute atomic E-state index is 0.0144. The summed E-state index contributed by atoms with van der Waals surface area (Å²) >= 11 is 6.71. The highest BCUT2D eigenvalue weighted by molar-refractivity contribution is 9.10. The number of nitrogens with zero attached hydrogens (tertiary/aromatic N) is 1. The first kappa shape index (κ1) is 15.5. The van der Waals surface area contributed by atoms with Crippen molar-refractivity contribution in [3.63, 3.8) is 0 Å². The van der Waals surface area contributed by atoms with Crippen LogP contribution in [0.1, 0.15) is 6.42 Å². The standard InChI is InChI=1S/C16H13BrN2OS2/c17-11-5-1-2-6-12(11)18-15(20)9-10-21-16-19-13-7-3-4-8-14(13)22-16/h1-8H,9-10H2,(H,18,20). The molecule has 0 radical (unpaired) electrons. The number of amides is 1. The number of benzene rings is 2. The van der Waals surface area contributed by atoms with Gasteiger partial charge in [0.05, 0.1) is 15.9 Å². The van der Waals surface area contributed by atoms with Crippen LogP contribution in [0.4, 0.5) is 5.69 Å². The molecular weight excluding hydrogens is 380 g/mol. The highest BCUT2D eigenvalue weighted by atomic mass is 79.9. The summed E-state index contributed by atoms with van der Waals surface area (Å²) in [5.41, 5.74) is 1.82. The number of nitrogens with one attached hydrogen (secondary N) is 1. The van der Waals surface area contributed by atoms with Crippen LogP contribution in [0.5, 0.6) is 0 Å². The summed E-state index contributed by atoms with van der Waals surface area (Å²) in [7, 11) is 0. The second-order valence-corrected chi connectivity index (χ2v) is 7.80. The third-order valence-electron chi connectivity index (χ3n) is 2.98. The molecular formula is C16H13BrN2OS2. The van der Waals surface area contributed by atoms with E-state index in [1.165, 1.54) is 4.70 Å². The van der Waals surface area contributed by atoms with Crippen molar-refractivity contribution >= 4 is 60.8 Å². The first-order chi connectivity index (χ1) is 10.7. The molecule has 0 aliphatic carbocycles. The summed E-state index contributed by atoms with van der Waals surface area (Å²) in [4.78, 5) is 16.5. The summed E-state index contributed by atoms with van der Waals surface area (Å²) in [6.07, 6.45) is 0.460. The van der Waals surface area contributed by atoms with Gasteiger partial charge in [-0.3, -0.25) is 4.79 Å². The Balaban J connectivity index is 1.52. The molecule has 0 spiro atoms. The van der Waals surface area contributed by atoms with Gasteiger partial charge in [0.1, 0.15) is 0 Å². The summed E-state index contributed by atoms with van der Waals surface area (Å²) in [5.74, 6) is 0.733. The maximum absolute atomic E-state index is 12.0. The maximum Gasteiger partial charge on any atom is 0.225 e. The fourth-order valence-electron chi connectivity index (χ4n) is 1.92. The maximum atomic E-state index is 12.0. The van der Waals surface area contributed by atoms with Crippen molar-refractivity contribution in [3.8, 4) is 0 Å². The first-order valence-electron chi connectivity index (χ1n) is 6.75. The SMILES string of the molecule is O=C(CCSc1nc2ccccc2s1)Nc1ccccc1Br. The Morgan fingerprint density at radius 2 is 1.95 bits per heavy atom. The molecule has 3 rings (SSSR count). The number of hydrogen-bond acceptors (Lipinski definition) is 4. The van der Waals surface area contributed by atoms with Crippen LogP contribution in [-0.4, -0.2) is 16.6 Å². The Morgan fingerprint density at radius 3 is 2.77 bits per heavy atom. The van der Waals surface area contributed by atoms with E-state index in [-0.39, 0.29) is 5.91 Å². The minimum Gasteiger partial charge on any atom is -0.325 e. The van der Waals surface area contributed by atoms with Gasteiger partial charge in [-0.05, 0) is 40.2 Å². The van der Waals surface area contributed by atoms with E-state index in [2.05, 4.69) is 32.3 Å². The molecule has 1 aromatic heterocycles. The van der Waals surface area contributed by atoms with E-state index < -0.39 is 0 Å². The van der Waals surface area contributed by atoms with E-state index in [0.717, 1.165) is 25.8 Å². The largest absolute Gasteiger partial charge is 0.325 e. The quantitative estimate of drug-likeness (QED) is 0.608. The van der Waals surface area contributed by atoms with Crippen LogP contribution in [0, 0.1) is 0 Å². The van der Waals surface area contributed by atoms with Gasteiger partial charge < -0.3 is 5.32 Å². The third kappa shape index (κ3) is 3.88. The third-order valence-corrected chi connectivity index (χ3v) is 5.85. The molecule has 1 N–H and O–H groups in total. The molecule has 3 nitrogen and oxygen atoms in total. The number of para-hydroxylation sites is 2. The number of thiazole rings is 1. The van der Waals surface area contributed by atoms with E-state index in [9.17, 15) is 4.79 Å². The van der Waals surface area contributed by atoms with Gasteiger partial charge in [0.25, 0.3) is 0 Å². The zero-order valence-electron chi connectivity index (χ0n) is 11.6. The zero-order valence-corrected chi connectivity index (χ0v) is 14.8. The zero-order chi connectivity index (χ0) is 15.4. The van der Waals surface area contributed by atoms with Crippen molar-refractivity contribution in [2.24, 2.45) is 0 Å². The molecule has 6 heteroatoms. The van der Waals surface area contributed by atoms with Crippen LogP contribution in [0.25, 0.3) is 10.2 Å². The van der Waals surface area contributed by atoms with Crippen molar-refractivity contribution in [1.29, 1.82) is 0 Å². The number of fused-ring (bicyclic) bond motifs is 1. The molecule has 0 saturated carbocycles. The van der Waals surface area contributed by atoms with Crippen LogP contribution in [0.2, 0.25) is 0 Å². The number of anilines is 1.